The zero-order valence-electron chi connectivity index (χ0n) is 10.5. The predicted octanol–water partition coefficient (Wildman–Crippen LogP) is 2.62. The molecule has 0 radical (unpaired) electrons. The molecule has 1 aromatic carbocycles. The Labute approximate surface area is 108 Å². The Kier molecular flexibility index (Phi) is 3.42. The minimum atomic E-state index is 0.759. The molecule has 18 heavy (non-hydrogen) atoms. The SMILES string of the molecule is c1ccc(-c2ncc[nH]2)c(CC2CCCNC2)c1. The van der Waals surface area contributed by atoms with Crippen molar-refractivity contribution in [1.82, 2.24) is 15.3 Å². The van der Waals surface area contributed by atoms with Crippen LogP contribution < -0.4 is 5.32 Å². The molecule has 3 heteroatoms. The Hall–Kier alpha value is -1.61. The summed E-state index contributed by atoms with van der Waals surface area (Å²) in [4.78, 5) is 7.57. The highest BCUT2D eigenvalue weighted by Gasteiger charge is 2.16. The van der Waals surface area contributed by atoms with E-state index in [4.69, 9.17) is 0 Å². The van der Waals surface area contributed by atoms with Gasteiger partial charge in [-0.25, -0.2) is 4.98 Å². The Bertz CT molecular complexity index is 484. The van der Waals surface area contributed by atoms with Gasteiger partial charge in [-0.2, -0.15) is 0 Å². The quantitative estimate of drug-likeness (QED) is 0.867. The summed E-state index contributed by atoms with van der Waals surface area (Å²) >= 11 is 0. The van der Waals surface area contributed by atoms with E-state index in [1.807, 2.05) is 12.4 Å². The lowest BCUT2D eigenvalue weighted by atomic mass is 9.90. The molecular weight excluding hydrogens is 222 g/mol. The summed E-state index contributed by atoms with van der Waals surface area (Å²) in [6.07, 6.45) is 7.47. The summed E-state index contributed by atoms with van der Waals surface area (Å²) in [5.41, 5.74) is 2.65. The fourth-order valence-corrected chi connectivity index (χ4v) is 2.75. The van der Waals surface area contributed by atoms with E-state index in [9.17, 15) is 0 Å². The van der Waals surface area contributed by atoms with Crippen molar-refractivity contribution in [2.75, 3.05) is 13.1 Å². The maximum absolute atomic E-state index is 4.37. The summed E-state index contributed by atoms with van der Waals surface area (Å²) in [6, 6.07) is 8.59. The number of nitrogens with zero attached hydrogens (tertiary/aromatic N) is 1. The van der Waals surface area contributed by atoms with Gasteiger partial charge < -0.3 is 10.3 Å². The van der Waals surface area contributed by atoms with Crippen LogP contribution in [0.3, 0.4) is 0 Å². The van der Waals surface area contributed by atoms with E-state index in [2.05, 4.69) is 39.6 Å². The first-order valence-corrected chi connectivity index (χ1v) is 6.72. The molecule has 1 aliphatic heterocycles. The largest absolute Gasteiger partial charge is 0.345 e. The van der Waals surface area contributed by atoms with Crippen molar-refractivity contribution in [1.29, 1.82) is 0 Å². The second-order valence-electron chi connectivity index (χ2n) is 5.01. The fourth-order valence-electron chi connectivity index (χ4n) is 2.75. The van der Waals surface area contributed by atoms with Crippen molar-refractivity contribution < 1.29 is 0 Å². The van der Waals surface area contributed by atoms with Gasteiger partial charge in [0.25, 0.3) is 0 Å². The summed E-state index contributed by atoms with van der Waals surface area (Å²) in [7, 11) is 0. The highest BCUT2D eigenvalue weighted by Crippen LogP contribution is 2.24. The van der Waals surface area contributed by atoms with E-state index >= 15 is 0 Å². The molecule has 1 aromatic heterocycles. The summed E-state index contributed by atoms with van der Waals surface area (Å²) < 4.78 is 0. The van der Waals surface area contributed by atoms with E-state index in [1.54, 1.807) is 0 Å². The van der Waals surface area contributed by atoms with Crippen LogP contribution in [-0.4, -0.2) is 23.1 Å². The minimum Gasteiger partial charge on any atom is -0.345 e. The highest BCUT2D eigenvalue weighted by molar-refractivity contribution is 5.60. The third-order valence-corrected chi connectivity index (χ3v) is 3.68. The number of rotatable bonds is 3. The van der Waals surface area contributed by atoms with E-state index in [1.165, 1.54) is 30.5 Å². The minimum absolute atomic E-state index is 0.759. The van der Waals surface area contributed by atoms with E-state index in [-0.39, 0.29) is 0 Å². The normalized spacial score (nSPS) is 19.9. The fraction of sp³-hybridized carbons (Fsp3) is 0.400. The molecule has 1 saturated heterocycles. The van der Waals surface area contributed by atoms with Gasteiger partial charge in [-0.1, -0.05) is 24.3 Å². The average Bonchev–Trinajstić information content (AvgIpc) is 2.94. The lowest BCUT2D eigenvalue weighted by Gasteiger charge is -2.23. The van der Waals surface area contributed by atoms with Crippen LogP contribution in [0.1, 0.15) is 18.4 Å². The molecule has 2 aromatic rings. The van der Waals surface area contributed by atoms with Crippen LogP contribution in [0.15, 0.2) is 36.7 Å². The molecule has 3 nitrogen and oxygen atoms in total. The first-order chi connectivity index (χ1) is 8.93. The summed E-state index contributed by atoms with van der Waals surface area (Å²) in [5, 5.41) is 3.49. The number of piperidine rings is 1. The Morgan fingerprint density at radius 3 is 3.00 bits per heavy atom. The van der Waals surface area contributed by atoms with Gasteiger partial charge in [-0.3, -0.25) is 0 Å². The molecule has 1 unspecified atom stereocenters. The van der Waals surface area contributed by atoms with E-state index < -0.39 is 0 Å². The maximum atomic E-state index is 4.37. The standard InChI is InChI=1S/C15H19N3/c1-2-6-14(15-17-8-9-18-15)13(5-1)10-12-4-3-7-16-11-12/h1-2,5-6,8-9,12,16H,3-4,7,10-11H2,(H,17,18). The summed E-state index contributed by atoms with van der Waals surface area (Å²) in [5.74, 6) is 1.74. The topological polar surface area (TPSA) is 40.7 Å². The zero-order chi connectivity index (χ0) is 12.2. The molecule has 1 atom stereocenters. The van der Waals surface area contributed by atoms with Crippen LogP contribution in [0.25, 0.3) is 11.4 Å². The van der Waals surface area contributed by atoms with Gasteiger partial charge in [-0.05, 0) is 43.8 Å². The lowest BCUT2D eigenvalue weighted by molar-refractivity contribution is 0.376. The van der Waals surface area contributed by atoms with Gasteiger partial charge >= 0.3 is 0 Å². The first-order valence-electron chi connectivity index (χ1n) is 6.72. The van der Waals surface area contributed by atoms with Crippen molar-refractivity contribution in [2.45, 2.75) is 19.3 Å². The van der Waals surface area contributed by atoms with Crippen molar-refractivity contribution in [2.24, 2.45) is 5.92 Å². The number of H-pyrrole nitrogens is 1. The maximum Gasteiger partial charge on any atom is 0.137 e. The number of aromatic nitrogens is 2. The Morgan fingerprint density at radius 1 is 1.28 bits per heavy atom. The zero-order valence-corrected chi connectivity index (χ0v) is 10.5. The van der Waals surface area contributed by atoms with Gasteiger partial charge in [0.1, 0.15) is 5.82 Å². The Balaban J connectivity index is 1.83. The Morgan fingerprint density at radius 2 is 2.22 bits per heavy atom. The second-order valence-corrected chi connectivity index (χ2v) is 5.01. The third kappa shape index (κ3) is 2.46. The average molecular weight is 241 g/mol. The van der Waals surface area contributed by atoms with E-state index in [0.29, 0.717) is 0 Å². The van der Waals surface area contributed by atoms with Crippen LogP contribution in [0.5, 0.6) is 0 Å². The summed E-state index contributed by atoms with van der Waals surface area (Å²) in [6.45, 7) is 2.32. The molecule has 0 spiro atoms. The molecule has 0 amide bonds. The molecular formula is C15H19N3. The molecule has 0 saturated carbocycles. The van der Waals surface area contributed by atoms with Gasteiger partial charge in [0.15, 0.2) is 0 Å². The van der Waals surface area contributed by atoms with Crippen molar-refractivity contribution in [3.05, 3.63) is 42.2 Å². The molecule has 1 aliphatic rings. The van der Waals surface area contributed by atoms with Gasteiger partial charge in [0.05, 0.1) is 0 Å². The van der Waals surface area contributed by atoms with Gasteiger partial charge in [0.2, 0.25) is 0 Å². The first kappa shape index (κ1) is 11.5. The van der Waals surface area contributed by atoms with Crippen LogP contribution in [0, 0.1) is 5.92 Å². The smallest absolute Gasteiger partial charge is 0.137 e. The molecule has 0 aliphatic carbocycles. The molecule has 2 N–H and O–H groups in total. The molecule has 94 valence electrons. The number of hydrogen-bond donors (Lipinski definition) is 2. The van der Waals surface area contributed by atoms with Crippen LogP contribution in [0.4, 0.5) is 0 Å². The molecule has 2 heterocycles. The number of benzene rings is 1. The highest BCUT2D eigenvalue weighted by atomic mass is 14.9. The van der Waals surface area contributed by atoms with Crippen LogP contribution in [-0.2, 0) is 6.42 Å². The van der Waals surface area contributed by atoms with Gasteiger partial charge in [0, 0.05) is 18.0 Å². The number of aromatic amines is 1. The number of imidazole rings is 1. The van der Waals surface area contributed by atoms with Crippen LogP contribution >= 0.6 is 0 Å². The number of hydrogen-bond acceptors (Lipinski definition) is 2. The van der Waals surface area contributed by atoms with Crippen molar-refractivity contribution >= 4 is 0 Å². The predicted molar refractivity (Wildman–Crippen MR) is 73.3 cm³/mol. The van der Waals surface area contributed by atoms with Crippen LogP contribution in [0.2, 0.25) is 0 Å². The third-order valence-electron chi connectivity index (χ3n) is 3.68. The monoisotopic (exact) mass is 241 g/mol. The second kappa shape index (κ2) is 5.36. The van der Waals surface area contributed by atoms with Crippen molar-refractivity contribution in [3.8, 4) is 11.4 Å². The number of nitrogens with one attached hydrogen (secondary N) is 2. The van der Waals surface area contributed by atoms with Crippen molar-refractivity contribution in [3.63, 3.8) is 0 Å². The molecule has 3 rings (SSSR count). The molecule has 0 bridgehead atoms. The molecule has 1 fully saturated rings. The lowest BCUT2D eigenvalue weighted by Crippen LogP contribution is -2.30. The van der Waals surface area contributed by atoms with E-state index in [0.717, 1.165) is 24.7 Å². The van der Waals surface area contributed by atoms with Gasteiger partial charge in [-0.15, -0.1) is 0 Å².